The molecular formula is C14H26N4O. The molecule has 2 heterocycles. The fourth-order valence-electron chi connectivity index (χ4n) is 2.65. The molecule has 2 rings (SSSR count). The van der Waals surface area contributed by atoms with Crippen LogP contribution < -0.4 is 5.32 Å². The molecule has 108 valence electrons. The first-order valence-corrected chi connectivity index (χ1v) is 7.21. The molecule has 2 atom stereocenters. The van der Waals surface area contributed by atoms with Crippen LogP contribution in [0.15, 0.2) is 12.4 Å². The highest BCUT2D eigenvalue weighted by molar-refractivity contribution is 5.13. The normalized spacial score (nSPS) is 22.9. The van der Waals surface area contributed by atoms with Gasteiger partial charge >= 0.3 is 0 Å². The van der Waals surface area contributed by atoms with Crippen LogP contribution in [-0.2, 0) is 11.3 Å². The van der Waals surface area contributed by atoms with Crippen LogP contribution in [0.5, 0.6) is 0 Å². The molecule has 0 aromatic carbocycles. The van der Waals surface area contributed by atoms with E-state index in [1.807, 2.05) is 17.9 Å². The summed E-state index contributed by atoms with van der Waals surface area (Å²) < 4.78 is 7.93. The van der Waals surface area contributed by atoms with Gasteiger partial charge in [-0.2, -0.15) is 5.10 Å². The van der Waals surface area contributed by atoms with Crippen molar-refractivity contribution >= 4 is 0 Å². The molecule has 1 aliphatic rings. The second-order valence-corrected chi connectivity index (χ2v) is 5.39. The van der Waals surface area contributed by atoms with E-state index in [4.69, 9.17) is 4.74 Å². The van der Waals surface area contributed by atoms with Gasteiger partial charge in [0.05, 0.1) is 24.9 Å². The lowest BCUT2D eigenvalue weighted by molar-refractivity contribution is -0.0550. The van der Waals surface area contributed by atoms with Gasteiger partial charge < -0.3 is 10.1 Å². The predicted molar refractivity (Wildman–Crippen MR) is 76.2 cm³/mol. The SMILES string of the molecule is CCn1cc(C(NC)C2CN(C(C)C)CCO2)cn1. The van der Waals surface area contributed by atoms with Crippen molar-refractivity contribution < 1.29 is 4.74 Å². The molecule has 1 aliphatic heterocycles. The molecule has 0 radical (unpaired) electrons. The Bertz CT molecular complexity index is 391. The number of aryl methyl sites for hydroxylation is 1. The van der Waals surface area contributed by atoms with Crippen LogP contribution in [0.1, 0.15) is 32.4 Å². The van der Waals surface area contributed by atoms with Gasteiger partial charge in [0, 0.05) is 37.4 Å². The molecule has 0 saturated carbocycles. The molecule has 0 bridgehead atoms. The Hall–Kier alpha value is -0.910. The summed E-state index contributed by atoms with van der Waals surface area (Å²) in [6.07, 6.45) is 4.25. The van der Waals surface area contributed by atoms with Crippen molar-refractivity contribution in [1.82, 2.24) is 20.0 Å². The van der Waals surface area contributed by atoms with Crippen LogP contribution in [-0.4, -0.2) is 53.6 Å². The first-order valence-electron chi connectivity index (χ1n) is 7.21. The number of aromatic nitrogens is 2. The summed E-state index contributed by atoms with van der Waals surface area (Å²) in [4.78, 5) is 2.47. The highest BCUT2D eigenvalue weighted by Gasteiger charge is 2.30. The van der Waals surface area contributed by atoms with E-state index in [1.54, 1.807) is 0 Å². The van der Waals surface area contributed by atoms with Gasteiger partial charge in [-0.3, -0.25) is 9.58 Å². The fraction of sp³-hybridized carbons (Fsp3) is 0.786. The van der Waals surface area contributed by atoms with Gasteiger partial charge in [0.1, 0.15) is 0 Å². The van der Waals surface area contributed by atoms with Crippen molar-refractivity contribution in [2.24, 2.45) is 0 Å². The van der Waals surface area contributed by atoms with E-state index in [0.717, 1.165) is 26.2 Å². The molecule has 2 unspecified atom stereocenters. The smallest absolute Gasteiger partial charge is 0.0898 e. The summed E-state index contributed by atoms with van der Waals surface area (Å²) in [5.74, 6) is 0. The molecule has 5 heteroatoms. The zero-order valence-electron chi connectivity index (χ0n) is 12.5. The standard InChI is InChI=1S/C14H26N4O/c1-5-18-9-12(8-16-18)14(15-4)13-10-17(11(2)3)6-7-19-13/h8-9,11,13-15H,5-7,10H2,1-4H3. The average Bonchev–Trinajstić information content (AvgIpc) is 2.89. The Morgan fingerprint density at radius 1 is 1.53 bits per heavy atom. The minimum atomic E-state index is 0.190. The highest BCUT2D eigenvalue weighted by atomic mass is 16.5. The summed E-state index contributed by atoms with van der Waals surface area (Å²) >= 11 is 0. The number of nitrogens with zero attached hydrogens (tertiary/aromatic N) is 3. The molecule has 0 amide bonds. The second-order valence-electron chi connectivity index (χ2n) is 5.39. The van der Waals surface area contributed by atoms with E-state index in [2.05, 4.69) is 42.3 Å². The lowest BCUT2D eigenvalue weighted by Gasteiger charge is -2.38. The summed E-state index contributed by atoms with van der Waals surface area (Å²) in [7, 11) is 1.99. The van der Waals surface area contributed by atoms with Gasteiger partial charge in [-0.25, -0.2) is 0 Å². The maximum Gasteiger partial charge on any atom is 0.0898 e. The Morgan fingerprint density at radius 3 is 2.89 bits per heavy atom. The molecule has 5 nitrogen and oxygen atoms in total. The van der Waals surface area contributed by atoms with Crippen LogP contribution in [0, 0.1) is 0 Å². The number of ether oxygens (including phenoxy) is 1. The number of rotatable bonds is 5. The second kappa shape index (κ2) is 6.50. The van der Waals surface area contributed by atoms with Gasteiger partial charge in [0.2, 0.25) is 0 Å². The molecule has 1 aromatic heterocycles. The number of hydrogen-bond donors (Lipinski definition) is 1. The van der Waals surface area contributed by atoms with Gasteiger partial charge in [-0.15, -0.1) is 0 Å². The Labute approximate surface area is 115 Å². The Balaban J connectivity index is 2.08. The Morgan fingerprint density at radius 2 is 2.32 bits per heavy atom. The maximum atomic E-state index is 5.97. The zero-order chi connectivity index (χ0) is 13.8. The zero-order valence-corrected chi connectivity index (χ0v) is 12.5. The fourth-order valence-corrected chi connectivity index (χ4v) is 2.65. The summed E-state index contributed by atoms with van der Waals surface area (Å²) in [5.41, 5.74) is 1.21. The van der Waals surface area contributed by atoms with E-state index >= 15 is 0 Å². The third-order valence-corrected chi connectivity index (χ3v) is 3.87. The molecule has 1 fully saturated rings. The lowest BCUT2D eigenvalue weighted by atomic mass is 10.0. The molecule has 0 spiro atoms. The van der Waals surface area contributed by atoms with Crippen LogP contribution in [0.4, 0.5) is 0 Å². The maximum absolute atomic E-state index is 5.97. The van der Waals surface area contributed by atoms with Gasteiger partial charge in [0.25, 0.3) is 0 Å². The number of likely N-dealkylation sites (N-methyl/N-ethyl adjacent to an activating group) is 1. The van der Waals surface area contributed by atoms with E-state index in [-0.39, 0.29) is 12.1 Å². The quantitative estimate of drug-likeness (QED) is 0.871. The van der Waals surface area contributed by atoms with Crippen LogP contribution >= 0.6 is 0 Å². The molecule has 0 aliphatic carbocycles. The molecular weight excluding hydrogens is 240 g/mol. The minimum Gasteiger partial charge on any atom is -0.374 e. The minimum absolute atomic E-state index is 0.190. The van der Waals surface area contributed by atoms with E-state index in [9.17, 15) is 0 Å². The van der Waals surface area contributed by atoms with Crippen LogP contribution in [0.25, 0.3) is 0 Å². The lowest BCUT2D eigenvalue weighted by Crippen LogP contribution is -2.49. The van der Waals surface area contributed by atoms with E-state index in [1.165, 1.54) is 5.56 Å². The third kappa shape index (κ3) is 3.35. The van der Waals surface area contributed by atoms with Crippen molar-refractivity contribution in [1.29, 1.82) is 0 Å². The largest absolute Gasteiger partial charge is 0.374 e. The number of morpholine rings is 1. The van der Waals surface area contributed by atoms with Gasteiger partial charge in [-0.1, -0.05) is 0 Å². The highest BCUT2D eigenvalue weighted by Crippen LogP contribution is 2.22. The van der Waals surface area contributed by atoms with Crippen molar-refractivity contribution in [3.63, 3.8) is 0 Å². The van der Waals surface area contributed by atoms with Gasteiger partial charge in [0.15, 0.2) is 0 Å². The van der Waals surface area contributed by atoms with Crippen molar-refractivity contribution in [3.05, 3.63) is 18.0 Å². The monoisotopic (exact) mass is 266 g/mol. The predicted octanol–water partition coefficient (Wildman–Crippen LogP) is 1.27. The van der Waals surface area contributed by atoms with Crippen molar-refractivity contribution in [2.75, 3.05) is 26.7 Å². The van der Waals surface area contributed by atoms with E-state index < -0.39 is 0 Å². The van der Waals surface area contributed by atoms with E-state index in [0.29, 0.717) is 6.04 Å². The topological polar surface area (TPSA) is 42.3 Å². The van der Waals surface area contributed by atoms with Gasteiger partial charge in [-0.05, 0) is 27.8 Å². The first-order chi connectivity index (χ1) is 9.15. The summed E-state index contributed by atoms with van der Waals surface area (Å²) in [5, 5.41) is 7.74. The number of hydrogen-bond acceptors (Lipinski definition) is 4. The molecule has 1 N–H and O–H groups in total. The summed E-state index contributed by atoms with van der Waals surface area (Å²) in [6, 6.07) is 0.782. The van der Waals surface area contributed by atoms with Crippen LogP contribution in [0.2, 0.25) is 0 Å². The third-order valence-electron chi connectivity index (χ3n) is 3.87. The van der Waals surface area contributed by atoms with Crippen LogP contribution in [0.3, 0.4) is 0 Å². The average molecular weight is 266 g/mol. The molecule has 1 aromatic rings. The van der Waals surface area contributed by atoms with Crippen molar-refractivity contribution in [2.45, 2.75) is 45.5 Å². The first kappa shape index (κ1) is 14.5. The molecule has 19 heavy (non-hydrogen) atoms. The molecule has 1 saturated heterocycles. The number of nitrogens with one attached hydrogen (secondary N) is 1. The van der Waals surface area contributed by atoms with Crippen molar-refractivity contribution in [3.8, 4) is 0 Å². The summed E-state index contributed by atoms with van der Waals surface area (Å²) in [6.45, 7) is 10.3. The Kier molecular flexibility index (Phi) is 4.96.